The average Bonchev–Trinajstić information content (AvgIpc) is 2.94. The van der Waals surface area contributed by atoms with Crippen LogP contribution in [0, 0.1) is 0 Å². The van der Waals surface area contributed by atoms with Crippen molar-refractivity contribution in [2.24, 2.45) is 0 Å². The minimum atomic E-state index is -0.515. The van der Waals surface area contributed by atoms with E-state index in [-0.39, 0.29) is 0 Å². The highest BCUT2D eigenvalue weighted by molar-refractivity contribution is 9.10. The molecule has 3 nitrogen and oxygen atoms in total. The highest BCUT2D eigenvalue weighted by Gasteiger charge is 2.07. The summed E-state index contributed by atoms with van der Waals surface area (Å²) in [7, 11) is 0. The Bertz CT molecular complexity index is 541. The van der Waals surface area contributed by atoms with E-state index in [1.165, 1.54) is 10.4 Å². The Balaban J connectivity index is 1.68. The van der Waals surface area contributed by atoms with Gasteiger partial charge in [-0.15, -0.1) is 11.3 Å². The van der Waals surface area contributed by atoms with Gasteiger partial charge in [0.05, 0.1) is 0 Å². The van der Waals surface area contributed by atoms with Gasteiger partial charge in [0.2, 0.25) is 0 Å². The fourth-order valence-corrected chi connectivity index (χ4v) is 3.18. The predicted octanol–water partition coefficient (Wildman–Crippen LogP) is 3.60. The zero-order valence-corrected chi connectivity index (χ0v) is 14.4. The van der Waals surface area contributed by atoms with Crippen LogP contribution in [-0.4, -0.2) is 24.4 Å². The van der Waals surface area contributed by atoms with Crippen molar-refractivity contribution in [3.8, 4) is 5.75 Å². The van der Waals surface area contributed by atoms with Gasteiger partial charge in [0, 0.05) is 22.4 Å². The van der Waals surface area contributed by atoms with Crippen LogP contribution in [-0.2, 0) is 13.0 Å². The number of aryl methyl sites for hydroxylation is 1. The molecule has 0 amide bonds. The quantitative estimate of drug-likeness (QED) is 0.746. The molecule has 1 aromatic heterocycles. The lowest BCUT2D eigenvalue weighted by molar-refractivity contribution is 0.106. The second-order valence-corrected chi connectivity index (χ2v) is 6.69. The second kappa shape index (κ2) is 8.54. The first kappa shape index (κ1) is 16.5. The molecule has 5 heteroatoms. The molecule has 2 N–H and O–H groups in total. The Kier molecular flexibility index (Phi) is 6.70. The minimum absolute atomic E-state index is 0.291. The topological polar surface area (TPSA) is 41.5 Å². The third kappa shape index (κ3) is 5.43. The number of thiophene rings is 1. The Hall–Kier alpha value is -0.880. The van der Waals surface area contributed by atoms with Gasteiger partial charge in [0.1, 0.15) is 18.5 Å². The maximum absolute atomic E-state index is 9.93. The van der Waals surface area contributed by atoms with Gasteiger partial charge in [-0.25, -0.2) is 0 Å². The monoisotopic (exact) mass is 369 g/mol. The lowest BCUT2D eigenvalue weighted by atomic mass is 10.2. The molecule has 0 aliphatic carbocycles. The number of halogens is 1. The molecule has 1 heterocycles. The van der Waals surface area contributed by atoms with Crippen LogP contribution in [0.4, 0.5) is 0 Å². The molecule has 1 unspecified atom stereocenters. The number of aliphatic hydroxyl groups excluding tert-OH is 1. The van der Waals surface area contributed by atoms with Gasteiger partial charge < -0.3 is 15.2 Å². The van der Waals surface area contributed by atoms with E-state index in [1.807, 2.05) is 24.3 Å². The summed E-state index contributed by atoms with van der Waals surface area (Å²) in [5.74, 6) is 0.767. The van der Waals surface area contributed by atoms with Crippen LogP contribution in [0.1, 0.15) is 17.4 Å². The zero-order valence-electron chi connectivity index (χ0n) is 12.0. The molecule has 114 valence electrons. The molecule has 0 saturated carbocycles. The smallest absolute Gasteiger partial charge is 0.119 e. The first-order valence-corrected chi connectivity index (χ1v) is 8.68. The van der Waals surface area contributed by atoms with Gasteiger partial charge in [0.15, 0.2) is 0 Å². The Labute approximate surface area is 138 Å². The molecule has 0 radical (unpaired) electrons. The maximum Gasteiger partial charge on any atom is 0.119 e. The Morgan fingerprint density at radius 3 is 2.76 bits per heavy atom. The Morgan fingerprint density at radius 1 is 1.29 bits per heavy atom. The van der Waals surface area contributed by atoms with Crippen molar-refractivity contribution >= 4 is 27.3 Å². The number of benzene rings is 1. The van der Waals surface area contributed by atoms with Gasteiger partial charge in [-0.3, -0.25) is 0 Å². The molecule has 0 aliphatic heterocycles. The number of aliphatic hydroxyl groups is 1. The van der Waals surface area contributed by atoms with Gasteiger partial charge in [-0.05, 0) is 47.7 Å². The van der Waals surface area contributed by atoms with Crippen molar-refractivity contribution in [2.75, 3.05) is 13.2 Å². The fourth-order valence-electron chi connectivity index (χ4n) is 1.97. The second-order valence-electron chi connectivity index (χ2n) is 4.77. The van der Waals surface area contributed by atoms with Crippen LogP contribution in [0.3, 0.4) is 0 Å². The van der Waals surface area contributed by atoms with E-state index in [0.29, 0.717) is 13.2 Å². The van der Waals surface area contributed by atoms with Crippen molar-refractivity contribution in [1.29, 1.82) is 0 Å². The van der Waals surface area contributed by atoms with Gasteiger partial charge >= 0.3 is 0 Å². The number of hydrogen-bond acceptors (Lipinski definition) is 4. The molecule has 0 fully saturated rings. The van der Waals surface area contributed by atoms with Crippen LogP contribution in [0.15, 0.2) is 40.2 Å². The van der Waals surface area contributed by atoms with E-state index in [1.54, 1.807) is 11.3 Å². The molecule has 0 bridgehead atoms. The predicted molar refractivity (Wildman–Crippen MR) is 91.0 cm³/mol. The van der Waals surface area contributed by atoms with Crippen molar-refractivity contribution in [2.45, 2.75) is 26.0 Å². The highest BCUT2D eigenvalue weighted by atomic mass is 79.9. The van der Waals surface area contributed by atoms with Crippen LogP contribution in [0.2, 0.25) is 0 Å². The van der Waals surface area contributed by atoms with E-state index in [0.717, 1.165) is 23.2 Å². The van der Waals surface area contributed by atoms with Crippen LogP contribution in [0.25, 0.3) is 0 Å². The summed E-state index contributed by atoms with van der Waals surface area (Å²) in [6.45, 7) is 3.78. The first-order valence-electron chi connectivity index (χ1n) is 7.01. The van der Waals surface area contributed by atoms with Crippen LogP contribution >= 0.6 is 27.3 Å². The SMILES string of the molecule is CCc1ccsc1CNCC(O)COc1ccc(Br)cc1. The third-order valence-corrected chi connectivity index (χ3v) is 4.63. The van der Waals surface area contributed by atoms with Crippen LogP contribution < -0.4 is 10.1 Å². The summed E-state index contributed by atoms with van der Waals surface area (Å²) in [5, 5.41) is 15.3. The van der Waals surface area contributed by atoms with Gasteiger partial charge in [-0.1, -0.05) is 22.9 Å². The number of nitrogens with one attached hydrogen (secondary N) is 1. The molecule has 1 aromatic carbocycles. The van der Waals surface area contributed by atoms with E-state index in [9.17, 15) is 5.11 Å². The molecular weight excluding hydrogens is 350 g/mol. The summed E-state index contributed by atoms with van der Waals surface area (Å²) in [5.41, 5.74) is 1.38. The standard InChI is InChI=1S/C16H20BrNO2S/c1-2-12-7-8-21-16(12)10-18-9-14(19)11-20-15-5-3-13(17)4-6-15/h3-8,14,18-19H,2,9-11H2,1H3. The molecule has 21 heavy (non-hydrogen) atoms. The molecule has 0 spiro atoms. The summed E-state index contributed by atoms with van der Waals surface area (Å²) in [6, 6.07) is 9.76. The first-order chi connectivity index (χ1) is 10.2. The van der Waals surface area contributed by atoms with Crippen molar-refractivity contribution < 1.29 is 9.84 Å². The average molecular weight is 370 g/mol. The molecule has 0 saturated heterocycles. The van der Waals surface area contributed by atoms with Crippen molar-refractivity contribution in [3.05, 3.63) is 50.6 Å². The summed E-state index contributed by atoms with van der Waals surface area (Å²) in [6.07, 6.45) is 0.536. The van der Waals surface area contributed by atoms with Gasteiger partial charge in [0.25, 0.3) is 0 Å². The summed E-state index contributed by atoms with van der Waals surface area (Å²) in [4.78, 5) is 1.35. The number of rotatable bonds is 8. The number of ether oxygens (including phenoxy) is 1. The van der Waals surface area contributed by atoms with E-state index in [2.05, 4.69) is 39.6 Å². The van der Waals surface area contributed by atoms with E-state index >= 15 is 0 Å². The lowest BCUT2D eigenvalue weighted by Gasteiger charge is -2.13. The van der Waals surface area contributed by atoms with E-state index < -0.39 is 6.10 Å². The number of hydrogen-bond donors (Lipinski definition) is 2. The molecule has 1 atom stereocenters. The summed E-state index contributed by atoms with van der Waals surface area (Å²) >= 11 is 5.13. The highest BCUT2D eigenvalue weighted by Crippen LogP contribution is 2.17. The maximum atomic E-state index is 9.93. The van der Waals surface area contributed by atoms with Gasteiger partial charge in [-0.2, -0.15) is 0 Å². The Morgan fingerprint density at radius 2 is 2.05 bits per heavy atom. The molecule has 2 rings (SSSR count). The lowest BCUT2D eigenvalue weighted by Crippen LogP contribution is -2.31. The molecule has 2 aromatic rings. The third-order valence-electron chi connectivity index (χ3n) is 3.14. The van der Waals surface area contributed by atoms with Crippen molar-refractivity contribution in [3.63, 3.8) is 0 Å². The largest absolute Gasteiger partial charge is 0.491 e. The van der Waals surface area contributed by atoms with Crippen molar-refractivity contribution in [1.82, 2.24) is 5.32 Å². The van der Waals surface area contributed by atoms with E-state index in [4.69, 9.17) is 4.74 Å². The van der Waals surface area contributed by atoms with Crippen LogP contribution in [0.5, 0.6) is 5.75 Å². The molecule has 0 aliphatic rings. The zero-order chi connectivity index (χ0) is 15.1. The summed E-state index contributed by atoms with van der Waals surface area (Å²) < 4.78 is 6.56. The fraction of sp³-hybridized carbons (Fsp3) is 0.375. The molecular formula is C16H20BrNO2S. The minimum Gasteiger partial charge on any atom is -0.491 e. The normalized spacial score (nSPS) is 12.3.